The predicted molar refractivity (Wildman–Crippen MR) is 62.8 cm³/mol. The van der Waals surface area contributed by atoms with Crippen LogP contribution < -0.4 is 5.32 Å². The summed E-state index contributed by atoms with van der Waals surface area (Å²) in [7, 11) is 0. The van der Waals surface area contributed by atoms with Gasteiger partial charge in [-0.3, -0.25) is 4.79 Å². The number of nitriles is 1. The lowest BCUT2D eigenvalue weighted by atomic mass is 10.2. The Hall–Kier alpha value is -2.25. The summed E-state index contributed by atoms with van der Waals surface area (Å²) in [4.78, 5) is 11.7. The molecule has 2 rings (SSSR count). The number of hydrogen-bond acceptors (Lipinski definition) is 3. The van der Waals surface area contributed by atoms with Crippen molar-refractivity contribution in [3.05, 3.63) is 52.9 Å². The van der Waals surface area contributed by atoms with Gasteiger partial charge in [-0.1, -0.05) is 11.6 Å². The number of amides is 1. The van der Waals surface area contributed by atoms with Gasteiger partial charge in [0.25, 0.3) is 5.91 Å². The molecule has 0 aliphatic rings. The number of nitrogens with zero attached hydrogens (tertiary/aromatic N) is 1. The first kappa shape index (κ1) is 11.2. The molecule has 0 radical (unpaired) electrons. The molecular weight excluding hydrogens is 240 g/mol. The fourth-order valence-electron chi connectivity index (χ4n) is 1.27. The van der Waals surface area contributed by atoms with Crippen LogP contribution in [0, 0.1) is 11.3 Å². The van der Waals surface area contributed by atoms with Crippen molar-refractivity contribution in [3.63, 3.8) is 0 Å². The van der Waals surface area contributed by atoms with E-state index >= 15 is 0 Å². The van der Waals surface area contributed by atoms with Crippen LogP contribution in [-0.2, 0) is 0 Å². The Kier molecular flexibility index (Phi) is 3.12. The molecule has 0 unspecified atom stereocenters. The van der Waals surface area contributed by atoms with Crippen molar-refractivity contribution in [2.24, 2.45) is 0 Å². The van der Waals surface area contributed by atoms with Crippen LogP contribution in [0.5, 0.6) is 0 Å². The molecule has 1 heterocycles. The molecule has 0 saturated heterocycles. The molecule has 2 aromatic rings. The van der Waals surface area contributed by atoms with Crippen molar-refractivity contribution in [2.75, 3.05) is 5.32 Å². The van der Waals surface area contributed by atoms with Gasteiger partial charge in [0.15, 0.2) is 0 Å². The molecule has 1 amide bonds. The first-order valence-corrected chi connectivity index (χ1v) is 5.11. The van der Waals surface area contributed by atoms with Crippen molar-refractivity contribution in [3.8, 4) is 6.07 Å². The first-order valence-electron chi connectivity index (χ1n) is 4.74. The number of hydrogen-bond donors (Lipinski definition) is 1. The molecule has 0 saturated carbocycles. The van der Waals surface area contributed by atoms with E-state index in [1.165, 1.54) is 18.6 Å². The molecule has 1 aromatic carbocycles. The zero-order valence-corrected chi connectivity index (χ0v) is 9.36. The molecule has 0 atom stereocenters. The summed E-state index contributed by atoms with van der Waals surface area (Å²) < 4.78 is 4.80. The standard InChI is InChI=1S/C12H7ClN2O2/c13-10-5-8(6-14)1-2-11(10)15-12(16)9-3-4-17-7-9/h1-5,7H,(H,15,16). The molecule has 0 bridgehead atoms. The highest BCUT2D eigenvalue weighted by molar-refractivity contribution is 6.34. The monoisotopic (exact) mass is 246 g/mol. The minimum atomic E-state index is -0.314. The van der Waals surface area contributed by atoms with E-state index in [4.69, 9.17) is 21.3 Å². The summed E-state index contributed by atoms with van der Waals surface area (Å²) in [5.74, 6) is -0.314. The van der Waals surface area contributed by atoms with E-state index in [0.717, 1.165) is 0 Å². The second-order valence-electron chi connectivity index (χ2n) is 3.27. The lowest BCUT2D eigenvalue weighted by molar-refractivity contribution is 0.102. The van der Waals surface area contributed by atoms with Crippen LogP contribution in [0.1, 0.15) is 15.9 Å². The van der Waals surface area contributed by atoms with Crippen LogP contribution in [0.15, 0.2) is 41.2 Å². The van der Waals surface area contributed by atoms with E-state index in [2.05, 4.69) is 5.32 Å². The Morgan fingerprint density at radius 2 is 2.24 bits per heavy atom. The highest BCUT2D eigenvalue weighted by atomic mass is 35.5. The number of nitrogens with one attached hydrogen (secondary N) is 1. The number of halogens is 1. The smallest absolute Gasteiger partial charge is 0.258 e. The SMILES string of the molecule is N#Cc1ccc(NC(=O)c2ccoc2)c(Cl)c1. The highest BCUT2D eigenvalue weighted by Gasteiger charge is 2.09. The maximum Gasteiger partial charge on any atom is 0.258 e. The third-order valence-electron chi connectivity index (χ3n) is 2.13. The lowest BCUT2D eigenvalue weighted by Gasteiger charge is -2.05. The van der Waals surface area contributed by atoms with Crippen LogP contribution in [0.2, 0.25) is 5.02 Å². The average Bonchev–Trinajstić information content (AvgIpc) is 2.85. The molecule has 0 aliphatic heterocycles. The molecular formula is C12H7ClN2O2. The van der Waals surface area contributed by atoms with Gasteiger partial charge in [-0.2, -0.15) is 5.26 Å². The van der Waals surface area contributed by atoms with Gasteiger partial charge >= 0.3 is 0 Å². The van der Waals surface area contributed by atoms with Gasteiger partial charge in [0.2, 0.25) is 0 Å². The normalized spacial score (nSPS) is 9.65. The van der Waals surface area contributed by atoms with Crippen LogP contribution in [-0.4, -0.2) is 5.91 Å². The summed E-state index contributed by atoms with van der Waals surface area (Å²) in [6.45, 7) is 0. The van der Waals surface area contributed by atoms with Crippen molar-refractivity contribution < 1.29 is 9.21 Å². The number of furan rings is 1. The zero-order chi connectivity index (χ0) is 12.3. The summed E-state index contributed by atoms with van der Waals surface area (Å²) in [5.41, 5.74) is 1.30. The van der Waals surface area contributed by atoms with Gasteiger partial charge < -0.3 is 9.73 Å². The molecule has 0 spiro atoms. The molecule has 4 nitrogen and oxygen atoms in total. The van der Waals surface area contributed by atoms with Gasteiger partial charge in [-0.05, 0) is 24.3 Å². The van der Waals surface area contributed by atoms with Crippen LogP contribution in [0.4, 0.5) is 5.69 Å². The van der Waals surface area contributed by atoms with Crippen LogP contribution >= 0.6 is 11.6 Å². The van der Waals surface area contributed by atoms with Gasteiger partial charge in [-0.25, -0.2) is 0 Å². The van der Waals surface area contributed by atoms with Crippen LogP contribution in [0.3, 0.4) is 0 Å². The van der Waals surface area contributed by atoms with Gasteiger partial charge in [0.05, 0.1) is 34.2 Å². The molecule has 1 N–H and O–H groups in total. The van der Waals surface area contributed by atoms with E-state index in [9.17, 15) is 4.79 Å². The minimum absolute atomic E-state index is 0.314. The molecule has 0 aliphatic carbocycles. The molecule has 0 fully saturated rings. The van der Waals surface area contributed by atoms with E-state index in [1.807, 2.05) is 6.07 Å². The third-order valence-corrected chi connectivity index (χ3v) is 2.44. The number of rotatable bonds is 2. The quantitative estimate of drug-likeness (QED) is 0.886. The Morgan fingerprint density at radius 1 is 1.41 bits per heavy atom. The summed E-state index contributed by atoms with van der Waals surface area (Å²) in [6, 6.07) is 8.17. The number of carbonyl (C=O) groups is 1. The maximum absolute atomic E-state index is 11.7. The molecule has 1 aromatic heterocycles. The Bertz CT molecular complexity index is 585. The fourth-order valence-corrected chi connectivity index (χ4v) is 1.50. The molecule has 17 heavy (non-hydrogen) atoms. The van der Waals surface area contributed by atoms with E-state index < -0.39 is 0 Å². The zero-order valence-electron chi connectivity index (χ0n) is 8.61. The topological polar surface area (TPSA) is 66.0 Å². The van der Waals surface area contributed by atoms with Crippen molar-refractivity contribution in [1.82, 2.24) is 0 Å². The molecule has 84 valence electrons. The predicted octanol–water partition coefficient (Wildman–Crippen LogP) is 3.06. The third kappa shape index (κ3) is 2.47. The lowest BCUT2D eigenvalue weighted by Crippen LogP contribution is -2.11. The summed E-state index contributed by atoms with van der Waals surface area (Å²) in [6.07, 6.45) is 2.75. The number of carbonyl (C=O) groups excluding carboxylic acids is 1. The Labute approximate surface area is 102 Å². The maximum atomic E-state index is 11.7. The largest absolute Gasteiger partial charge is 0.472 e. The highest BCUT2D eigenvalue weighted by Crippen LogP contribution is 2.23. The first-order chi connectivity index (χ1) is 8.20. The average molecular weight is 247 g/mol. The van der Waals surface area contributed by atoms with Crippen molar-refractivity contribution in [2.45, 2.75) is 0 Å². The number of anilines is 1. The summed E-state index contributed by atoms with van der Waals surface area (Å²) >= 11 is 5.92. The number of benzene rings is 1. The van der Waals surface area contributed by atoms with Gasteiger partial charge in [-0.15, -0.1) is 0 Å². The second-order valence-corrected chi connectivity index (χ2v) is 3.68. The molecule has 5 heteroatoms. The summed E-state index contributed by atoms with van der Waals surface area (Å²) in [5, 5.41) is 11.6. The fraction of sp³-hybridized carbons (Fsp3) is 0. The second kappa shape index (κ2) is 4.73. The van der Waals surface area contributed by atoms with Gasteiger partial charge in [0.1, 0.15) is 6.26 Å². The van der Waals surface area contributed by atoms with E-state index in [1.54, 1.807) is 18.2 Å². The minimum Gasteiger partial charge on any atom is -0.472 e. The van der Waals surface area contributed by atoms with E-state index in [-0.39, 0.29) is 5.91 Å². The van der Waals surface area contributed by atoms with Crippen molar-refractivity contribution >= 4 is 23.2 Å². The van der Waals surface area contributed by atoms with Crippen LogP contribution in [0.25, 0.3) is 0 Å². The van der Waals surface area contributed by atoms with Crippen molar-refractivity contribution in [1.29, 1.82) is 5.26 Å². The Balaban J connectivity index is 2.20. The van der Waals surface area contributed by atoms with E-state index in [0.29, 0.717) is 21.8 Å². The van der Waals surface area contributed by atoms with Gasteiger partial charge in [0, 0.05) is 0 Å². The Morgan fingerprint density at radius 3 is 2.82 bits per heavy atom.